The lowest BCUT2D eigenvalue weighted by atomic mass is 9.50. The van der Waals surface area contributed by atoms with E-state index >= 15 is 0 Å². The number of halogens is 6. The van der Waals surface area contributed by atoms with Gasteiger partial charge in [0, 0.05) is 12.6 Å². The van der Waals surface area contributed by atoms with Crippen LogP contribution in [0.25, 0.3) is 10.8 Å². The fraction of sp³-hybridized carbons (Fsp3) is 0.656. The fourth-order valence-corrected chi connectivity index (χ4v) is 7.24. The molecule has 3 aliphatic rings. The van der Waals surface area contributed by atoms with Crippen molar-refractivity contribution in [3.63, 3.8) is 0 Å². The Balaban J connectivity index is 0.00000198. The van der Waals surface area contributed by atoms with Crippen molar-refractivity contribution in [3.05, 3.63) is 41.5 Å². The van der Waals surface area contributed by atoms with E-state index in [2.05, 4.69) is 5.32 Å². The number of benzene rings is 2. The van der Waals surface area contributed by atoms with Crippen LogP contribution in [0.4, 0.5) is 26.3 Å². The van der Waals surface area contributed by atoms with Crippen LogP contribution >= 0.6 is 0 Å². The standard InChI is InChI=1S/C30H35F6NO3.C2H6/c1-39-27(38)23-16-25(28(23)13-3-2-4-14-28)37-17-18-5-11-22-19(15-18)6-12-24(26(22)30(34,35)36)40-21-9-7-20(8-10-21)29(31,32)33;1-2/h5-6,11-12,15,20-21,23,25,37H,2-4,7-10,13-14,16-17H2,1H3;1-2H3. The summed E-state index contributed by atoms with van der Waals surface area (Å²) in [7, 11) is 1.42. The second-order valence-corrected chi connectivity index (χ2v) is 11.7. The van der Waals surface area contributed by atoms with Crippen LogP contribution in [0.5, 0.6) is 5.75 Å². The Labute approximate surface area is 243 Å². The number of alkyl halides is 6. The number of methoxy groups -OCH3 is 1. The molecule has 2 unspecified atom stereocenters. The van der Waals surface area contributed by atoms with Gasteiger partial charge in [0.25, 0.3) is 0 Å². The Hall–Kier alpha value is -2.49. The molecule has 4 nitrogen and oxygen atoms in total. The van der Waals surface area contributed by atoms with E-state index in [0.717, 1.165) is 37.7 Å². The molecule has 0 saturated heterocycles. The maximum Gasteiger partial charge on any atom is 0.420 e. The van der Waals surface area contributed by atoms with E-state index in [4.69, 9.17) is 9.47 Å². The van der Waals surface area contributed by atoms with E-state index in [0.29, 0.717) is 18.4 Å². The second-order valence-electron chi connectivity index (χ2n) is 11.7. The average molecular weight is 602 g/mol. The summed E-state index contributed by atoms with van der Waals surface area (Å²) < 4.78 is 92.3. The maximum atomic E-state index is 14.2. The molecule has 0 radical (unpaired) electrons. The van der Waals surface area contributed by atoms with Crippen LogP contribution in [0.15, 0.2) is 30.3 Å². The summed E-state index contributed by atoms with van der Waals surface area (Å²) in [5, 5.41) is 3.97. The van der Waals surface area contributed by atoms with Gasteiger partial charge in [-0.25, -0.2) is 0 Å². The van der Waals surface area contributed by atoms with Crippen molar-refractivity contribution in [1.82, 2.24) is 5.32 Å². The minimum atomic E-state index is -4.69. The highest BCUT2D eigenvalue weighted by molar-refractivity contribution is 5.89. The number of carbonyl (C=O) groups is 1. The van der Waals surface area contributed by atoms with Crippen molar-refractivity contribution >= 4 is 16.7 Å². The quantitative estimate of drug-likeness (QED) is 0.265. The molecule has 3 fully saturated rings. The Kier molecular flexibility index (Phi) is 10.1. The zero-order valence-corrected chi connectivity index (χ0v) is 24.5. The monoisotopic (exact) mass is 601 g/mol. The minimum Gasteiger partial charge on any atom is -0.490 e. The molecule has 234 valence electrons. The summed E-state index contributed by atoms with van der Waals surface area (Å²) in [6.45, 7) is 4.46. The predicted molar refractivity (Wildman–Crippen MR) is 149 cm³/mol. The molecule has 3 aliphatic carbocycles. The van der Waals surface area contributed by atoms with Crippen molar-refractivity contribution in [2.45, 2.75) is 109 Å². The zero-order chi connectivity index (χ0) is 30.7. The van der Waals surface area contributed by atoms with Crippen LogP contribution in [-0.4, -0.2) is 31.4 Å². The molecule has 3 saturated carbocycles. The Morgan fingerprint density at radius 2 is 1.62 bits per heavy atom. The first-order valence-corrected chi connectivity index (χ1v) is 15.1. The van der Waals surface area contributed by atoms with Crippen LogP contribution < -0.4 is 10.1 Å². The first-order chi connectivity index (χ1) is 19.9. The highest BCUT2D eigenvalue weighted by atomic mass is 19.4. The van der Waals surface area contributed by atoms with Crippen molar-refractivity contribution in [2.24, 2.45) is 17.3 Å². The smallest absolute Gasteiger partial charge is 0.420 e. The molecular weight excluding hydrogens is 560 g/mol. The number of rotatable bonds is 6. The van der Waals surface area contributed by atoms with Gasteiger partial charge in [0.2, 0.25) is 0 Å². The van der Waals surface area contributed by atoms with E-state index in [-0.39, 0.29) is 60.2 Å². The number of fused-ring (bicyclic) bond motifs is 1. The topological polar surface area (TPSA) is 47.6 Å². The van der Waals surface area contributed by atoms with Gasteiger partial charge in [0.05, 0.1) is 25.0 Å². The summed E-state index contributed by atoms with van der Waals surface area (Å²) in [6, 6.07) is 7.82. The third-order valence-corrected chi connectivity index (χ3v) is 9.44. The van der Waals surface area contributed by atoms with Crippen molar-refractivity contribution < 1.29 is 40.6 Å². The molecule has 2 aromatic rings. The zero-order valence-electron chi connectivity index (χ0n) is 24.5. The molecule has 1 spiro atoms. The van der Waals surface area contributed by atoms with E-state index in [1.165, 1.54) is 19.2 Å². The summed E-state index contributed by atoms with van der Waals surface area (Å²) in [4.78, 5) is 12.4. The highest BCUT2D eigenvalue weighted by Crippen LogP contribution is 2.56. The molecule has 0 aromatic heterocycles. The Morgan fingerprint density at radius 3 is 2.21 bits per heavy atom. The number of carbonyl (C=O) groups excluding carboxylic acids is 1. The van der Waals surface area contributed by atoms with Gasteiger partial charge in [-0.15, -0.1) is 0 Å². The van der Waals surface area contributed by atoms with Crippen molar-refractivity contribution in [1.29, 1.82) is 0 Å². The van der Waals surface area contributed by atoms with Crippen LogP contribution in [0.3, 0.4) is 0 Å². The van der Waals surface area contributed by atoms with Crippen LogP contribution in [0.1, 0.15) is 89.2 Å². The summed E-state index contributed by atoms with van der Waals surface area (Å²) >= 11 is 0. The van der Waals surface area contributed by atoms with Crippen LogP contribution in [0, 0.1) is 17.3 Å². The molecule has 1 N–H and O–H groups in total. The minimum absolute atomic E-state index is 0.00382. The van der Waals surface area contributed by atoms with Gasteiger partial charge < -0.3 is 14.8 Å². The van der Waals surface area contributed by atoms with Crippen LogP contribution in [-0.2, 0) is 22.3 Å². The number of hydrogen-bond acceptors (Lipinski definition) is 4. The third kappa shape index (κ3) is 6.68. The van der Waals surface area contributed by atoms with E-state index in [1.807, 2.05) is 13.8 Å². The lowest BCUT2D eigenvalue weighted by Gasteiger charge is -2.57. The second kappa shape index (κ2) is 13.0. The van der Waals surface area contributed by atoms with Gasteiger partial charge in [0.15, 0.2) is 0 Å². The number of hydrogen-bond donors (Lipinski definition) is 1. The normalized spacial score (nSPS) is 25.7. The first kappa shape index (κ1) is 32.4. The molecular formula is C32H41F6NO3. The maximum absolute atomic E-state index is 14.2. The summed E-state index contributed by atoms with van der Waals surface area (Å²) in [6.07, 6.45) is -3.99. The van der Waals surface area contributed by atoms with Gasteiger partial charge in [-0.1, -0.05) is 51.3 Å². The molecule has 2 aromatic carbocycles. The molecule has 0 bridgehead atoms. The van der Waals surface area contributed by atoms with Crippen molar-refractivity contribution in [2.75, 3.05) is 7.11 Å². The largest absolute Gasteiger partial charge is 0.490 e. The Morgan fingerprint density at radius 1 is 0.952 bits per heavy atom. The lowest BCUT2D eigenvalue weighted by molar-refractivity contribution is -0.185. The molecule has 0 amide bonds. The van der Waals surface area contributed by atoms with Gasteiger partial charge in [-0.2, -0.15) is 26.3 Å². The molecule has 5 rings (SSSR count). The molecule has 2 atom stereocenters. The summed E-state index contributed by atoms with van der Waals surface area (Å²) in [5.41, 5.74) is -0.201. The molecule has 0 heterocycles. The van der Waals surface area contributed by atoms with E-state index < -0.39 is 29.9 Å². The van der Waals surface area contributed by atoms with Gasteiger partial charge in [-0.05, 0) is 78.8 Å². The first-order valence-electron chi connectivity index (χ1n) is 15.1. The molecule has 10 heteroatoms. The van der Waals surface area contributed by atoms with Crippen molar-refractivity contribution in [3.8, 4) is 5.75 Å². The average Bonchev–Trinajstić information content (AvgIpc) is 2.97. The van der Waals surface area contributed by atoms with Crippen LogP contribution in [0.2, 0.25) is 0 Å². The summed E-state index contributed by atoms with van der Waals surface area (Å²) in [5.74, 6) is -2.07. The van der Waals surface area contributed by atoms with Gasteiger partial charge >= 0.3 is 18.3 Å². The SMILES string of the molecule is CC.COC(=O)C1CC(NCc2ccc3c(C(F)(F)F)c(OC4CCC(C(F)(F)F)CC4)ccc3c2)C12CCCCC2. The third-order valence-electron chi connectivity index (χ3n) is 9.44. The Bertz CT molecular complexity index is 1210. The predicted octanol–water partition coefficient (Wildman–Crippen LogP) is 8.99. The lowest BCUT2D eigenvalue weighted by Crippen LogP contribution is -2.62. The molecule has 42 heavy (non-hydrogen) atoms. The van der Waals surface area contributed by atoms with E-state index in [9.17, 15) is 31.1 Å². The van der Waals surface area contributed by atoms with Gasteiger partial charge in [0.1, 0.15) is 11.3 Å². The van der Waals surface area contributed by atoms with Gasteiger partial charge in [-0.3, -0.25) is 4.79 Å². The highest BCUT2D eigenvalue weighted by Gasteiger charge is 2.58. The fourth-order valence-electron chi connectivity index (χ4n) is 7.24. The number of ether oxygens (including phenoxy) is 2. The van der Waals surface area contributed by atoms with E-state index in [1.54, 1.807) is 18.2 Å². The molecule has 0 aliphatic heterocycles. The number of nitrogens with one attached hydrogen (secondary N) is 1. The number of esters is 1.